The summed E-state index contributed by atoms with van der Waals surface area (Å²) in [5.74, 6) is 0.264. The van der Waals surface area contributed by atoms with Gasteiger partial charge in [-0.1, -0.05) is 12.1 Å². The minimum atomic E-state index is -0.456. The molecule has 0 aliphatic carbocycles. The van der Waals surface area contributed by atoms with Gasteiger partial charge in [-0.2, -0.15) is 0 Å². The maximum atomic E-state index is 12.0. The molecule has 0 aromatic heterocycles. The number of carbonyl (C=O) groups is 1. The Morgan fingerprint density at radius 3 is 2.74 bits per heavy atom. The zero-order valence-corrected chi connectivity index (χ0v) is 11.7. The second-order valence-electron chi connectivity index (χ2n) is 5.99. The zero-order chi connectivity index (χ0) is 14.0. The molecule has 1 amide bonds. The number of rotatable bonds is 2. The molecular formula is C15H21NO3. The molecule has 1 aliphatic rings. The summed E-state index contributed by atoms with van der Waals surface area (Å²) in [4.78, 5) is 13.7. The molecule has 1 aromatic rings. The van der Waals surface area contributed by atoms with Gasteiger partial charge in [-0.05, 0) is 51.3 Å². The first kappa shape index (κ1) is 13.7. The number of aromatic hydroxyl groups is 1. The Bertz CT molecular complexity index is 465. The van der Waals surface area contributed by atoms with Crippen molar-refractivity contribution in [2.24, 2.45) is 0 Å². The molecule has 0 bridgehead atoms. The van der Waals surface area contributed by atoms with Crippen molar-refractivity contribution in [3.63, 3.8) is 0 Å². The number of nitrogens with zero attached hydrogens (tertiary/aromatic N) is 1. The molecule has 104 valence electrons. The molecule has 19 heavy (non-hydrogen) atoms. The standard InChI is InChI=1S/C15H21NO3/c1-15(2,3)19-14(18)16-8-7-12(16)9-11-5-4-6-13(17)10-11/h4-6,10,12,17H,7-9H2,1-3H3. The van der Waals surface area contributed by atoms with E-state index >= 15 is 0 Å². The average molecular weight is 263 g/mol. The van der Waals surface area contributed by atoms with E-state index in [2.05, 4.69) is 0 Å². The van der Waals surface area contributed by atoms with Crippen LogP contribution in [0, 0.1) is 0 Å². The number of amides is 1. The Morgan fingerprint density at radius 1 is 1.47 bits per heavy atom. The van der Waals surface area contributed by atoms with E-state index in [0.29, 0.717) is 0 Å². The van der Waals surface area contributed by atoms with Crippen molar-refractivity contribution in [3.05, 3.63) is 29.8 Å². The normalized spacial score (nSPS) is 18.9. The molecule has 1 N–H and O–H groups in total. The molecule has 1 fully saturated rings. The Morgan fingerprint density at radius 2 is 2.21 bits per heavy atom. The molecule has 1 atom stereocenters. The first-order valence-corrected chi connectivity index (χ1v) is 6.63. The summed E-state index contributed by atoms with van der Waals surface area (Å²) in [5, 5.41) is 9.44. The number of likely N-dealkylation sites (tertiary alicyclic amines) is 1. The van der Waals surface area contributed by atoms with Gasteiger partial charge in [0.15, 0.2) is 0 Å². The second kappa shape index (κ2) is 5.11. The summed E-state index contributed by atoms with van der Waals surface area (Å²) >= 11 is 0. The largest absolute Gasteiger partial charge is 0.508 e. The van der Waals surface area contributed by atoms with Crippen molar-refractivity contribution in [3.8, 4) is 5.75 Å². The molecular weight excluding hydrogens is 242 g/mol. The lowest BCUT2D eigenvalue weighted by Crippen LogP contribution is -2.53. The van der Waals surface area contributed by atoms with Crippen LogP contribution >= 0.6 is 0 Å². The van der Waals surface area contributed by atoms with E-state index in [0.717, 1.165) is 24.9 Å². The molecule has 0 spiro atoms. The van der Waals surface area contributed by atoms with Crippen LogP contribution in [0.15, 0.2) is 24.3 Å². The fourth-order valence-corrected chi connectivity index (χ4v) is 2.17. The highest BCUT2D eigenvalue weighted by atomic mass is 16.6. The Hall–Kier alpha value is -1.71. The van der Waals surface area contributed by atoms with Crippen LogP contribution in [0.3, 0.4) is 0 Å². The van der Waals surface area contributed by atoms with Crippen molar-refractivity contribution in [2.45, 2.75) is 45.3 Å². The molecule has 2 rings (SSSR count). The van der Waals surface area contributed by atoms with E-state index < -0.39 is 5.60 Å². The van der Waals surface area contributed by atoms with E-state index in [1.807, 2.05) is 32.9 Å². The monoisotopic (exact) mass is 263 g/mol. The van der Waals surface area contributed by atoms with Crippen LogP contribution in [-0.4, -0.2) is 34.3 Å². The summed E-state index contributed by atoms with van der Waals surface area (Å²) in [6.07, 6.45) is 1.49. The molecule has 1 saturated heterocycles. The zero-order valence-electron chi connectivity index (χ0n) is 11.7. The van der Waals surface area contributed by atoms with Crippen LogP contribution in [0.5, 0.6) is 5.75 Å². The molecule has 1 aliphatic heterocycles. The Kier molecular flexibility index (Phi) is 3.69. The van der Waals surface area contributed by atoms with Gasteiger partial charge in [-0.25, -0.2) is 4.79 Å². The number of ether oxygens (including phenoxy) is 1. The maximum Gasteiger partial charge on any atom is 0.410 e. The molecule has 1 heterocycles. The van der Waals surface area contributed by atoms with Crippen molar-refractivity contribution in [1.29, 1.82) is 0 Å². The number of carbonyl (C=O) groups excluding carboxylic acids is 1. The highest BCUT2D eigenvalue weighted by Crippen LogP contribution is 2.25. The van der Waals surface area contributed by atoms with Crippen molar-refractivity contribution < 1.29 is 14.6 Å². The Balaban J connectivity index is 1.94. The fraction of sp³-hybridized carbons (Fsp3) is 0.533. The van der Waals surface area contributed by atoms with Crippen LogP contribution in [-0.2, 0) is 11.2 Å². The van der Waals surface area contributed by atoms with Gasteiger partial charge in [0.2, 0.25) is 0 Å². The van der Waals surface area contributed by atoms with Gasteiger partial charge in [0.25, 0.3) is 0 Å². The maximum absolute atomic E-state index is 12.0. The predicted octanol–water partition coefficient (Wildman–Crippen LogP) is 2.94. The third-order valence-electron chi connectivity index (χ3n) is 3.15. The predicted molar refractivity (Wildman–Crippen MR) is 73.2 cm³/mol. The minimum Gasteiger partial charge on any atom is -0.508 e. The van der Waals surface area contributed by atoms with Crippen molar-refractivity contribution in [2.75, 3.05) is 6.54 Å². The van der Waals surface area contributed by atoms with Crippen LogP contribution < -0.4 is 0 Å². The molecule has 0 radical (unpaired) electrons. The van der Waals surface area contributed by atoms with Gasteiger partial charge in [0.05, 0.1) is 0 Å². The van der Waals surface area contributed by atoms with Gasteiger partial charge in [0, 0.05) is 12.6 Å². The van der Waals surface area contributed by atoms with E-state index in [9.17, 15) is 9.90 Å². The average Bonchev–Trinajstić information content (AvgIpc) is 2.21. The highest BCUT2D eigenvalue weighted by Gasteiger charge is 2.35. The lowest BCUT2D eigenvalue weighted by Gasteiger charge is -2.41. The van der Waals surface area contributed by atoms with Crippen LogP contribution in [0.2, 0.25) is 0 Å². The number of phenolic OH excluding ortho intramolecular Hbond substituents is 1. The lowest BCUT2D eigenvalue weighted by molar-refractivity contribution is -0.00498. The quantitative estimate of drug-likeness (QED) is 0.892. The fourth-order valence-electron chi connectivity index (χ4n) is 2.17. The summed E-state index contributed by atoms with van der Waals surface area (Å²) in [6.45, 7) is 6.36. The Labute approximate surface area is 114 Å². The minimum absolute atomic E-state index is 0.177. The summed E-state index contributed by atoms with van der Waals surface area (Å²) < 4.78 is 5.37. The number of benzene rings is 1. The van der Waals surface area contributed by atoms with Gasteiger partial charge >= 0.3 is 6.09 Å². The summed E-state index contributed by atoms with van der Waals surface area (Å²) in [7, 11) is 0. The van der Waals surface area contributed by atoms with Gasteiger partial charge < -0.3 is 14.7 Å². The van der Waals surface area contributed by atoms with Crippen molar-refractivity contribution in [1.82, 2.24) is 4.90 Å². The van der Waals surface area contributed by atoms with E-state index in [1.54, 1.807) is 17.0 Å². The van der Waals surface area contributed by atoms with Gasteiger partial charge in [-0.15, -0.1) is 0 Å². The third-order valence-corrected chi connectivity index (χ3v) is 3.15. The smallest absolute Gasteiger partial charge is 0.410 e. The molecule has 4 nitrogen and oxygen atoms in total. The van der Waals surface area contributed by atoms with E-state index in [1.165, 1.54) is 0 Å². The number of hydrogen-bond donors (Lipinski definition) is 1. The molecule has 4 heteroatoms. The lowest BCUT2D eigenvalue weighted by atomic mass is 9.96. The first-order valence-electron chi connectivity index (χ1n) is 6.63. The summed E-state index contributed by atoms with van der Waals surface area (Å²) in [5.41, 5.74) is 0.584. The molecule has 1 aromatic carbocycles. The first-order chi connectivity index (χ1) is 8.85. The van der Waals surface area contributed by atoms with E-state index in [-0.39, 0.29) is 17.9 Å². The topological polar surface area (TPSA) is 49.8 Å². The molecule has 1 unspecified atom stereocenters. The number of phenols is 1. The SMILES string of the molecule is CC(C)(C)OC(=O)N1CCC1Cc1cccc(O)c1. The second-order valence-corrected chi connectivity index (χ2v) is 5.99. The van der Waals surface area contributed by atoms with Crippen molar-refractivity contribution >= 4 is 6.09 Å². The molecule has 0 saturated carbocycles. The summed E-state index contributed by atoms with van der Waals surface area (Å²) in [6, 6.07) is 7.35. The number of hydrogen-bond acceptors (Lipinski definition) is 3. The highest BCUT2D eigenvalue weighted by molar-refractivity contribution is 5.69. The van der Waals surface area contributed by atoms with Gasteiger partial charge in [0.1, 0.15) is 11.4 Å². The van der Waals surface area contributed by atoms with Crippen LogP contribution in [0.1, 0.15) is 32.8 Å². The van der Waals surface area contributed by atoms with Crippen LogP contribution in [0.4, 0.5) is 4.79 Å². The third kappa shape index (κ3) is 3.63. The van der Waals surface area contributed by atoms with Crippen LogP contribution in [0.25, 0.3) is 0 Å². The van der Waals surface area contributed by atoms with E-state index in [4.69, 9.17) is 4.74 Å². The van der Waals surface area contributed by atoms with Gasteiger partial charge in [-0.3, -0.25) is 0 Å².